The van der Waals surface area contributed by atoms with Gasteiger partial charge in [-0.05, 0) is 47.0 Å². The number of ether oxygens (including phenoxy) is 1. The van der Waals surface area contributed by atoms with Crippen molar-refractivity contribution in [3.05, 3.63) is 36.8 Å². The molecule has 0 amide bonds. The van der Waals surface area contributed by atoms with Crippen molar-refractivity contribution in [2.45, 2.75) is 25.9 Å². The average molecular weight is 359 g/mol. The minimum atomic E-state index is 0.0346. The van der Waals surface area contributed by atoms with Crippen LogP contribution in [-0.4, -0.2) is 71.8 Å². The molecule has 0 unspecified atom stereocenters. The van der Waals surface area contributed by atoms with Crippen molar-refractivity contribution in [3.63, 3.8) is 0 Å². The van der Waals surface area contributed by atoms with Gasteiger partial charge in [-0.15, -0.1) is 6.58 Å². The van der Waals surface area contributed by atoms with E-state index < -0.39 is 0 Å². The summed E-state index contributed by atoms with van der Waals surface area (Å²) >= 11 is 0. The molecule has 0 N–H and O–H groups in total. The number of aromatic nitrogens is 3. The number of hydrogen-bond acceptors (Lipinski definition) is 7. The van der Waals surface area contributed by atoms with E-state index in [9.17, 15) is 0 Å². The summed E-state index contributed by atoms with van der Waals surface area (Å²) in [4.78, 5) is 13.0. The maximum atomic E-state index is 6.16. The van der Waals surface area contributed by atoms with Gasteiger partial charge in [0, 0.05) is 37.5 Å². The highest BCUT2D eigenvalue weighted by atomic mass is 16.5. The Morgan fingerprint density at radius 3 is 2.77 bits per heavy atom. The first kappa shape index (κ1) is 20.1. The number of likely N-dealkylation sites (N-methyl/N-ethyl adjacent to an activating group) is 2. The van der Waals surface area contributed by atoms with E-state index in [1.807, 2.05) is 18.2 Å². The molecule has 0 radical (unpaired) electrons. The van der Waals surface area contributed by atoms with Gasteiger partial charge in [-0.2, -0.15) is 4.98 Å². The lowest BCUT2D eigenvalue weighted by Gasteiger charge is -2.25. The van der Waals surface area contributed by atoms with Gasteiger partial charge in [0.2, 0.25) is 5.88 Å². The molecule has 2 heterocycles. The monoisotopic (exact) mass is 359 g/mol. The molecule has 2 rings (SSSR count). The highest BCUT2D eigenvalue weighted by Gasteiger charge is 2.15. The van der Waals surface area contributed by atoms with Gasteiger partial charge >= 0.3 is 0 Å². The molecule has 0 fully saturated rings. The quantitative estimate of drug-likeness (QED) is 0.571. The third kappa shape index (κ3) is 6.57. The largest absolute Gasteiger partial charge is 0.473 e. The van der Waals surface area contributed by atoms with Crippen LogP contribution in [0.1, 0.15) is 18.7 Å². The predicted molar refractivity (Wildman–Crippen MR) is 102 cm³/mol. The van der Waals surface area contributed by atoms with Crippen LogP contribution < -0.4 is 4.74 Å². The van der Waals surface area contributed by atoms with Crippen molar-refractivity contribution in [2.75, 3.05) is 40.8 Å². The number of rotatable bonds is 11. The van der Waals surface area contributed by atoms with Crippen LogP contribution in [0.5, 0.6) is 5.88 Å². The summed E-state index contributed by atoms with van der Waals surface area (Å²) in [6, 6.07) is 3.68. The fourth-order valence-corrected chi connectivity index (χ4v) is 2.49. The highest BCUT2D eigenvalue weighted by Crippen LogP contribution is 2.21. The third-order valence-electron chi connectivity index (χ3n) is 3.93. The van der Waals surface area contributed by atoms with Crippen molar-refractivity contribution in [1.82, 2.24) is 24.9 Å². The topological polar surface area (TPSA) is 67.5 Å². The Morgan fingerprint density at radius 2 is 2.12 bits per heavy atom. The molecule has 0 aliphatic rings. The Kier molecular flexibility index (Phi) is 7.74. The van der Waals surface area contributed by atoms with Crippen LogP contribution in [0.4, 0.5) is 0 Å². The molecule has 0 bridgehead atoms. The first-order valence-corrected chi connectivity index (χ1v) is 8.85. The zero-order valence-corrected chi connectivity index (χ0v) is 16.2. The Morgan fingerprint density at radius 1 is 1.31 bits per heavy atom. The van der Waals surface area contributed by atoms with Crippen molar-refractivity contribution < 1.29 is 9.26 Å². The smallest absolute Gasteiger partial charge is 0.258 e. The van der Waals surface area contributed by atoms with E-state index in [0.717, 1.165) is 38.0 Å². The first-order chi connectivity index (χ1) is 12.5. The summed E-state index contributed by atoms with van der Waals surface area (Å²) in [7, 11) is 6.27. The van der Waals surface area contributed by atoms with Gasteiger partial charge in [0.05, 0.1) is 0 Å². The first-order valence-electron chi connectivity index (χ1n) is 8.85. The number of nitrogens with zero attached hydrogens (tertiary/aromatic N) is 5. The van der Waals surface area contributed by atoms with E-state index in [-0.39, 0.29) is 6.10 Å². The standard InChI is InChI=1S/C19H29N5O2/c1-6-7-8-17(14-24(5)12-11-23(3)4)25-18-13-16(9-10-20-18)19-21-15(2)22-26-19/h6,9-10,13,17H,1,7-8,11-12,14H2,2-5H3/t17-/m1/s1. The maximum absolute atomic E-state index is 6.16. The molecular weight excluding hydrogens is 330 g/mol. The van der Waals surface area contributed by atoms with Crippen molar-refractivity contribution in [3.8, 4) is 17.3 Å². The van der Waals surface area contributed by atoms with Crippen LogP contribution >= 0.6 is 0 Å². The fraction of sp³-hybridized carbons (Fsp3) is 0.526. The van der Waals surface area contributed by atoms with Crippen LogP contribution in [0.3, 0.4) is 0 Å². The lowest BCUT2D eigenvalue weighted by Crippen LogP contribution is -2.37. The normalized spacial score (nSPS) is 12.5. The molecule has 1 atom stereocenters. The zero-order valence-electron chi connectivity index (χ0n) is 16.2. The number of pyridine rings is 1. The summed E-state index contributed by atoms with van der Waals surface area (Å²) < 4.78 is 11.4. The maximum Gasteiger partial charge on any atom is 0.258 e. The number of allylic oxidation sites excluding steroid dienone is 1. The SMILES string of the molecule is C=CCC[C@H](CN(C)CCN(C)C)Oc1cc(-c2nc(C)no2)ccn1. The van der Waals surface area contributed by atoms with Crippen molar-refractivity contribution >= 4 is 0 Å². The second kappa shape index (κ2) is 10.0. The molecule has 0 aliphatic carbocycles. The molecule has 26 heavy (non-hydrogen) atoms. The van der Waals surface area contributed by atoms with Gasteiger partial charge in [-0.1, -0.05) is 11.2 Å². The summed E-state index contributed by atoms with van der Waals surface area (Å²) in [6.07, 6.45) is 5.44. The highest BCUT2D eigenvalue weighted by molar-refractivity contribution is 5.53. The van der Waals surface area contributed by atoms with Crippen LogP contribution in [-0.2, 0) is 0 Å². The van der Waals surface area contributed by atoms with Gasteiger partial charge in [-0.25, -0.2) is 4.98 Å². The predicted octanol–water partition coefficient (Wildman–Crippen LogP) is 2.65. The Bertz CT molecular complexity index is 686. The molecule has 0 saturated heterocycles. The van der Waals surface area contributed by atoms with Crippen LogP contribution in [0.25, 0.3) is 11.5 Å². The lowest BCUT2D eigenvalue weighted by atomic mass is 10.2. The molecular formula is C19H29N5O2. The van der Waals surface area contributed by atoms with Crippen LogP contribution in [0, 0.1) is 6.92 Å². The van der Waals surface area contributed by atoms with Gasteiger partial charge in [0.25, 0.3) is 5.89 Å². The summed E-state index contributed by atoms with van der Waals surface area (Å²) in [5.41, 5.74) is 0.805. The van der Waals surface area contributed by atoms with Gasteiger partial charge in [0.15, 0.2) is 5.82 Å². The van der Waals surface area contributed by atoms with Gasteiger partial charge < -0.3 is 19.1 Å². The Hall–Kier alpha value is -2.25. The van der Waals surface area contributed by atoms with E-state index in [2.05, 4.69) is 52.6 Å². The third-order valence-corrected chi connectivity index (χ3v) is 3.93. The second-order valence-electron chi connectivity index (χ2n) is 6.70. The molecule has 0 spiro atoms. The minimum Gasteiger partial charge on any atom is -0.473 e. The Labute approximate surface area is 155 Å². The molecule has 0 aliphatic heterocycles. The van der Waals surface area contributed by atoms with E-state index in [4.69, 9.17) is 9.26 Å². The van der Waals surface area contributed by atoms with E-state index in [1.54, 1.807) is 13.1 Å². The van der Waals surface area contributed by atoms with E-state index >= 15 is 0 Å². The number of hydrogen-bond donors (Lipinski definition) is 0. The van der Waals surface area contributed by atoms with E-state index in [0.29, 0.717) is 17.6 Å². The molecule has 0 aromatic carbocycles. The van der Waals surface area contributed by atoms with Crippen molar-refractivity contribution in [2.24, 2.45) is 0 Å². The van der Waals surface area contributed by atoms with Crippen LogP contribution in [0.2, 0.25) is 0 Å². The molecule has 7 heteroatoms. The molecule has 142 valence electrons. The number of aryl methyl sites for hydroxylation is 1. The molecule has 0 saturated carbocycles. The summed E-state index contributed by atoms with van der Waals surface area (Å²) in [6.45, 7) is 8.42. The summed E-state index contributed by atoms with van der Waals surface area (Å²) in [5, 5.41) is 3.83. The average Bonchev–Trinajstić information content (AvgIpc) is 3.04. The second-order valence-corrected chi connectivity index (χ2v) is 6.70. The lowest BCUT2D eigenvalue weighted by molar-refractivity contribution is 0.131. The van der Waals surface area contributed by atoms with Crippen molar-refractivity contribution in [1.29, 1.82) is 0 Å². The molecule has 2 aromatic rings. The van der Waals surface area contributed by atoms with Crippen LogP contribution in [0.15, 0.2) is 35.5 Å². The fourth-order valence-electron chi connectivity index (χ4n) is 2.49. The zero-order chi connectivity index (χ0) is 18.9. The summed E-state index contributed by atoms with van der Waals surface area (Å²) in [5.74, 6) is 1.64. The molecule has 7 nitrogen and oxygen atoms in total. The van der Waals surface area contributed by atoms with Gasteiger partial charge in [0.1, 0.15) is 6.10 Å². The Balaban J connectivity index is 2.03. The van der Waals surface area contributed by atoms with E-state index in [1.165, 1.54) is 0 Å². The van der Waals surface area contributed by atoms with Gasteiger partial charge in [-0.3, -0.25) is 0 Å². The minimum absolute atomic E-state index is 0.0346. The molecule has 2 aromatic heterocycles.